The summed E-state index contributed by atoms with van der Waals surface area (Å²) in [4.78, 5) is 0. The second-order valence-electron chi connectivity index (χ2n) is 5.99. The largest absolute Gasteiger partial charge is 0.489 e. The molecule has 0 saturated carbocycles. The fourth-order valence-corrected chi connectivity index (χ4v) is 2.17. The van der Waals surface area contributed by atoms with E-state index in [1.165, 1.54) is 12.1 Å². The van der Waals surface area contributed by atoms with Gasteiger partial charge in [-0.2, -0.15) is 5.26 Å². The highest BCUT2D eigenvalue weighted by Gasteiger charge is 2.18. The molecule has 2 aromatic carbocycles. The van der Waals surface area contributed by atoms with Crippen LogP contribution in [0.3, 0.4) is 0 Å². The molecule has 0 aromatic heterocycles. The summed E-state index contributed by atoms with van der Waals surface area (Å²) >= 11 is 0. The second-order valence-corrected chi connectivity index (χ2v) is 5.99. The maximum Gasteiger partial charge on any atom is 0.124 e. The molecule has 0 radical (unpaired) electrons. The minimum atomic E-state index is -0.420. The number of benzene rings is 2. The number of hydrogen-bond donors (Lipinski definition) is 0. The molecule has 2 aromatic rings. The van der Waals surface area contributed by atoms with E-state index in [0.717, 1.165) is 11.3 Å². The van der Waals surface area contributed by atoms with Crippen molar-refractivity contribution in [3.8, 4) is 11.8 Å². The molecular formula is C18H18FNO. The molecule has 0 saturated heterocycles. The Bertz CT molecular complexity index is 680. The number of nitriles is 1. The van der Waals surface area contributed by atoms with Gasteiger partial charge in [-0.15, -0.1) is 0 Å². The average molecular weight is 283 g/mol. The molecule has 0 aliphatic carbocycles. The summed E-state index contributed by atoms with van der Waals surface area (Å²) in [5.41, 5.74) is 2.02. The predicted molar refractivity (Wildman–Crippen MR) is 80.6 cm³/mol. The second kappa shape index (κ2) is 5.97. The first-order valence-electron chi connectivity index (χ1n) is 6.82. The van der Waals surface area contributed by atoms with Gasteiger partial charge in [-0.05, 0) is 40.8 Å². The Kier molecular flexibility index (Phi) is 4.28. The lowest BCUT2D eigenvalue weighted by Gasteiger charge is -2.22. The molecule has 3 heteroatoms. The Morgan fingerprint density at radius 1 is 1.14 bits per heavy atom. The molecule has 0 heterocycles. The standard InChI is InChI=1S/C18H18FNO/c1-18(2,3)16-6-4-5-7-17(16)21-12-14-8-13(11-20)9-15(19)10-14/h4-10H,12H2,1-3H3. The minimum absolute atomic E-state index is 0.0314. The van der Waals surface area contributed by atoms with Crippen LogP contribution in [0.25, 0.3) is 0 Å². The van der Waals surface area contributed by atoms with Gasteiger partial charge in [0.2, 0.25) is 0 Å². The number of halogens is 1. The fourth-order valence-electron chi connectivity index (χ4n) is 2.17. The van der Waals surface area contributed by atoms with Crippen LogP contribution < -0.4 is 4.74 Å². The minimum Gasteiger partial charge on any atom is -0.489 e. The monoisotopic (exact) mass is 283 g/mol. The van der Waals surface area contributed by atoms with Crippen LogP contribution in [0.2, 0.25) is 0 Å². The number of hydrogen-bond acceptors (Lipinski definition) is 2. The lowest BCUT2D eigenvalue weighted by atomic mass is 9.86. The third kappa shape index (κ3) is 3.82. The van der Waals surface area contributed by atoms with Gasteiger partial charge in [0.25, 0.3) is 0 Å². The Balaban J connectivity index is 2.22. The van der Waals surface area contributed by atoms with Crippen molar-refractivity contribution >= 4 is 0 Å². The Labute approximate surface area is 124 Å². The number of ether oxygens (including phenoxy) is 1. The average Bonchev–Trinajstić information content (AvgIpc) is 2.44. The summed E-state index contributed by atoms with van der Waals surface area (Å²) in [5, 5.41) is 8.87. The zero-order valence-corrected chi connectivity index (χ0v) is 12.5. The molecule has 0 aliphatic rings. The van der Waals surface area contributed by atoms with Crippen molar-refractivity contribution in [3.63, 3.8) is 0 Å². The predicted octanol–water partition coefficient (Wildman–Crippen LogP) is 4.57. The molecule has 0 amide bonds. The Morgan fingerprint density at radius 3 is 2.52 bits per heavy atom. The molecule has 0 atom stereocenters. The molecule has 0 unspecified atom stereocenters. The first-order chi connectivity index (χ1) is 9.90. The van der Waals surface area contributed by atoms with Gasteiger partial charge in [-0.1, -0.05) is 39.0 Å². The summed E-state index contributed by atoms with van der Waals surface area (Å²) in [6, 6.07) is 14.0. The molecular weight excluding hydrogens is 265 g/mol. The van der Waals surface area contributed by atoms with Crippen molar-refractivity contribution < 1.29 is 9.13 Å². The van der Waals surface area contributed by atoms with Crippen molar-refractivity contribution in [2.45, 2.75) is 32.8 Å². The van der Waals surface area contributed by atoms with E-state index in [0.29, 0.717) is 11.1 Å². The van der Waals surface area contributed by atoms with Crippen LogP contribution in [-0.4, -0.2) is 0 Å². The third-order valence-electron chi connectivity index (χ3n) is 3.18. The smallest absolute Gasteiger partial charge is 0.124 e. The molecule has 0 N–H and O–H groups in total. The summed E-state index contributed by atoms with van der Waals surface area (Å²) < 4.78 is 19.2. The van der Waals surface area contributed by atoms with E-state index in [1.54, 1.807) is 6.07 Å². The molecule has 108 valence electrons. The van der Waals surface area contributed by atoms with Crippen molar-refractivity contribution in [3.05, 3.63) is 65.0 Å². The van der Waals surface area contributed by atoms with Gasteiger partial charge >= 0.3 is 0 Å². The van der Waals surface area contributed by atoms with E-state index in [9.17, 15) is 4.39 Å². The van der Waals surface area contributed by atoms with Gasteiger partial charge < -0.3 is 4.74 Å². The maximum absolute atomic E-state index is 13.4. The van der Waals surface area contributed by atoms with E-state index < -0.39 is 5.82 Å². The highest BCUT2D eigenvalue weighted by molar-refractivity contribution is 5.39. The summed E-state index contributed by atoms with van der Waals surface area (Å²) in [7, 11) is 0. The van der Waals surface area contributed by atoms with E-state index in [2.05, 4.69) is 20.8 Å². The first-order valence-corrected chi connectivity index (χ1v) is 6.82. The van der Waals surface area contributed by atoms with Gasteiger partial charge in [-0.3, -0.25) is 0 Å². The number of nitrogens with zero attached hydrogens (tertiary/aromatic N) is 1. The van der Waals surface area contributed by atoms with Crippen LogP contribution in [0.5, 0.6) is 5.75 Å². The molecule has 0 bridgehead atoms. The van der Waals surface area contributed by atoms with Crippen molar-refractivity contribution in [1.82, 2.24) is 0 Å². The Hall–Kier alpha value is -2.34. The van der Waals surface area contributed by atoms with Gasteiger partial charge in [-0.25, -0.2) is 4.39 Å². The molecule has 2 rings (SSSR count). The normalized spacial score (nSPS) is 11.0. The van der Waals surface area contributed by atoms with Crippen LogP contribution >= 0.6 is 0 Å². The summed E-state index contributed by atoms with van der Waals surface area (Å²) in [6.45, 7) is 6.58. The van der Waals surface area contributed by atoms with Crippen molar-refractivity contribution in [2.75, 3.05) is 0 Å². The highest BCUT2D eigenvalue weighted by Crippen LogP contribution is 2.31. The van der Waals surface area contributed by atoms with Gasteiger partial charge in [0.05, 0.1) is 11.6 Å². The topological polar surface area (TPSA) is 33.0 Å². The SMILES string of the molecule is CC(C)(C)c1ccccc1OCc1cc(F)cc(C#N)c1. The van der Waals surface area contributed by atoms with E-state index in [1.807, 2.05) is 30.3 Å². The van der Waals surface area contributed by atoms with Crippen molar-refractivity contribution in [1.29, 1.82) is 5.26 Å². The summed E-state index contributed by atoms with van der Waals surface area (Å²) in [6.07, 6.45) is 0. The van der Waals surface area contributed by atoms with E-state index in [-0.39, 0.29) is 12.0 Å². The van der Waals surface area contributed by atoms with Gasteiger partial charge in [0.15, 0.2) is 0 Å². The van der Waals surface area contributed by atoms with Crippen molar-refractivity contribution in [2.24, 2.45) is 0 Å². The van der Waals surface area contributed by atoms with Crippen LogP contribution in [0.4, 0.5) is 4.39 Å². The van der Waals surface area contributed by atoms with Crippen LogP contribution in [0.1, 0.15) is 37.5 Å². The highest BCUT2D eigenvalue weighted by atomic mass is 19.1. The quantitative estimate of drug-likeness (QED) is 0.826. The van der Waals surface area contributed by atoms with Gasteiger partial charge in [0, 0.05) is 0 Å². The molecule has 2 nitrogen and oxygen atoms in total. The molecule has 21 heavy (non-hydrogen) atoms. The molecule has 0 fully saturated rings. The lowest BCUT2D eigenvalue weighted by Crippen LogP contribution is -2.13. The zero-order valence-electron chi connectivity index (χ0n) is 12.5. The third-order valence-corrected chi connectivity index (χ3v) is 3.18. The Morgan fingerprint density at radius 2 is 1.86 bits per heavy atom. The first kappa shape index (κ1) is 15.1. The molecule has 0 aliphatic heterocycles. The van der Waals surface area contributed by atoms with Crippen LogP contribution in [0, 0.1) is 17.1 Å². The van der Waals surface area contributed by atoms with Gasteiger partial charge in [0.1, 0.15) is 18.2 Å². The van der Waals surface area contributed by atoms with E-state index >= 15 is 0 Å². The fraction of sp³-hybridized carbons (Fsp3) is 0.278. The number of rotatable bonds is 3. The maximum atomic E-state index is 13.4. The van der Waals surface area contributed by atoms with E-state index in [4.69, 9.17) is 10.00 Å². The summed E-state index contributed by atoms with van der Waals surface area (Å²) in [5.74, 6) is 0.365. The lowest BCUT2D eigenvalue weighted by molar-refractivity contribution is 0.297. The number of para-hydroxylation sites is 1. The molecule has 0 spiro atoms. The van der Waals surface area contributed by atoms with Crippen LogP contribution in [-0.2, 0) is 12.0 Å². The zero-order chi connectivity index (χ0) is 15.5. The van der Waals surface area contributed by atoms with Crippen LogP contribution in [0.15, 0.2) is 42.5 Å².